The van der Waals surface area contributed by atoms with Gasteiger partial charge in [0.2, 0.25) is 5.82 Å². The molecule has 0 N–H and O–H groups in total. The highest BCUT2D eigenvalue weighted by molar-refractivity contribution is 5.77. The first-order chi connectivity index (χ1) is 7.36. The van der Waals surface area contributed by atoms with Crippen molar-refractivity contribution in [3.05, 3.63) is 18.2 Å². The Labute approximate surface area is 94.7 Å². The van der Waals surface area contributed by atoms with Crippen LogP contribution < -0.4 is 4.57 Å². The lowest BCUT2D eigenvalue weighted by atomic mass is 10.6. The minimum atomic E-state index is -0.178. The fourth-order valence-corrected chi connectivity index (χ4v) is 1.30. The Kier molecular flexibility index (Phi) is 3.31. The average molecular weight is 225 g/mol. The fourth-order valence-electron chi connectivity index (χ4n) is 1.30. The number of rotatable bonds is 0. The molecule has 0 saturated heterocycles. The van der Waals surface area contributed by atoms with E-state index in [-0.39, 0.29) is 12.1 Å². The second kappa shape index (κ2) is 4.34. The highest BCUT2D eigenvalue weighted by Crippen LogP contribution is 1.97. The lowest BCUT2D eigenvalue weighted by Gasteiger charge is -2.09. The molecule has 0 fully saturated rings. The number of imidazole rings is 1. The van der Waals surface area contributed by atoms with E-state index in [2.05, 4.69) is 0 Å². The average Bonchev–Trinajstić information content (AvgIpc) is 2.57. The van der Waals surface area contributed by atoms with Crippen LogP contribution in [0.1, 0.15) is 5.82 Å². The number of aromatic nitrogens is 2. The lowest BCUT2D eigenvalue weighted by molar-refractivity contribution is -0.583. The Morgan fingerprint density at radius 2 is 1.75 bits per heavy atom. The molecule has 0 aliphatic heterocycles. The number of carbonyl (C=O) groups is 2. The van der Waals surface area contributed by atoms with Crippen LogP contribution in [0.4, 0.5) is 9.59 Å². The zero-order valence-electron chi connectivity index (χ0n) is 10.3. The van der Waals surface area contributed by atoms with Crippen molar-refractivity contribution in [3.8, 4) is 0 Å². The Hall–Kier alpha value is -1.85. The van der Waals surface area contributed by atoms with Gasteiger partial charge in [-0.05, 0) is 0 Å². The molecule has 1 aromatic heterocycles. The van der Waals surface area contributed by atoms with Crippen LogP contribution in [-0.2, 0) is 0 Å². The van der Waals surface area contributed by atoms with Gasteiger partial charge in [-0.25, -0.2) is 9.59 Å². The fraction of sp³-hybridized carbons (Fsp3) is 0.500. The molecule has 0 aromatic carbocycles. The largest absolute Gasteiger partial charge is 0.442 e. The zero-order chi connectivity index (χ0) is 12.5. The van der Waals surface area contributed by atoms with E-state index < -0.39 is 0 Å². The summed E-state index contributed by atoms with van der Waals surface area (Å²) in [7, 11) is 6.67. The highest BCUT2D eigenvalue weighted by atomic mass is 16.2. The molecule has 0 aliphatic carbocycles. The van der Waals surface area contributed by atoms with E-state index >= 15 is 0 Å². The van der Waals surface area contributed by atoms with Crippen molar-refractivity contribution in [3.63, 3.8) is 0 Å². The Morgan fingerprint density at radius 1 is 1.19 bits per heavy atom. The Balaban J connectivity index is 3.11. The van der Waals surface area contributed by atoms with Crippen LogP contribution in [0.3, 0.4) is 0 Å². The van der Waals surface area contributed by atoms with Crippen molar-refractivity contribution in [2.45, 2.75) is 6.92 Å². The third kappa shape index (κ3) is 2.05. The molecule has 0 unspecified atom stereocenters. The van der Waals surface area contributed by atoms with Gasteiger partial charge in [-0.2, -0.15) is 9.13 Å². The normalized spacial score (nSPS) is 10.1. The molecule has 88 valence electrons. The molecule has 16 heavy (non-hydrogen) atoms. The summed E-state index contributed by atoms with van der Waals surface area (Å²) in [6, 6.07) is -0.356. The number of nitrogens with zero attached hydrogens (tertiary/aromatic N) is 4. The van der Waals surface area contributed by atoms with Crippen molar-refractivity contribution in [1.82, 2.24) is 14.4 Å². The molecule has 6 nitrogen and oxygen atoms in total. The summed E-state index contributed by atoms with van der Waals surface area (Å²) in [6.45, 7) is 1.72. The molecule has 0 aliphatic rings. The molecule has 0 radical (unpaired) electrons. The molecule has 2 amide bonds. The molecule has 0 bridgehead atoms. The van der Waals surface area contributed by atoms with Gasteiger partial charge in [0.05, 0.1) is 14.1 Å². The predicted octanol–water partition coefficient (Wildman–Crippen LogP) is 0.143. The number of amides is 2. The maximum atomic E-state index is 11.7. The van der Waals surface area contributed by atoms with E-state index in [0.29, 0.717) is 5.82 Å². The van der Waals surface area contributed by atoms with Crippen LogP contribution in [0.2, 0.25) is 0 Å². The number of hydrogen-bond donors (Lipinski definition) is 0. The van der Waals surface area contributed by atoms with E-state index in [4.69, 9.17) is 0 Å². The van der Waals surface area contributed by atoms with Crippen molar-refractivity contribution < 1.29 is 14.2 Å². The van der Waals surface area contributed by atoms with Gasteiger partial charge in [-0.15, -0.1) is 0 Å². The third-order valence-corrected chi connectivity index (χ3v) is 2.24. The van der Waals surface area contributed by atoms with Crippen molar-refractivity contribution in [1.29, 1.82) is 0 Å². The van der Waals surface area contributed by atoms with Gasteiger partial charge in [0, 0.05) is 21.0 Å². The highest BCUT2D eigenvalue weighted by Gasteiger charge is 2.23. The number of hydrogen-bond acceptors (Lipinski definition) is 2. The first kappa shape index (κ1) is 12.2. The first-order valence-corrected chi connectivity index (χ1v) is 4.89. The van der Waals surface area contributed by atoms with Gasteiger partial charge >= 0.3 is 12.1 Å². The summed E-state index contributed by atoms with van der Waals surface area (Å²) in [4.78, 5) is 26.4. The van der Waals surface area contributed by atoms with Crippen molar-refractivity contribution >= 4 is 12.1 Å². The third-order valence-electron chi connectivity index (χ3n) is 2.24. The van der Waals surface area contributed by atoms with Crippen LogP contribution in [0.5, 0.6) is 0 Å². The van der Waals surface area contributed by atoms with Crippen LogP contribution in [-0.4, -0.2) is 54.6 Å². The minimum Gasteiger partial charge on any atom is -0.317 e. The van der Waals surface area contributed by atoms with Crippen LogP contribution in [0.15, 0.2) is 12.4 Å². The second-order valence-electron chi connectivity index (χ2n) is 3.94. The van der Waals surface area contributed by atoms with Gasteiger partial charge in [0.15, 0.2) is 0 Å². The van der Waals surface area contributed by atoms with E-state index in [9.17, 15) is 9.59 Å². The van der Waals surface area contributed by atoms with Crippen molar-refractivity contribution in [2.75, 3.05) is 28.2 Å². The molecule has 6 heteroatoms. The maximum Gasteiger partial charge on any atom is 0.442 e. The smallest absolute Gasteiger partial charge is 0.317 e. The van der Waals surface area contributed by atoms with Gasteiger partial charge in [0.1, 0.15) is 12.4 Å². The Morgan fingerprint density at radius 3 is 2.19 bits per heavy atom. The summed E-state index contributed by atoms with van der Waals surface area (Å²) in [5.41, 5.74) is 0. The summed E-state index contributed by atoms with van der Waals surface area (Å²) in [5, 5.41) is 0. The monoisotopic (exact) mass is 225 g/mol. The van der Waals surface area contributed by atoms with Gasteiger partial charge in [-0.1, -0.05) is 0 Å². The number of carbonyl (C=O) groups excluding carboxylic acids is 2. The van der Waals surface area contributed by atoms with E-state index in [1.165, 1.54) is 18.9 Å². The first-order valence-electron chi connectivity index (χ1n) is 4.89. The minimum absolute atomic E-state index is 0.178. The predicted molar refractivity (Wildman–Crippen MR) is 58.3 cm³/mol. The van der Waals surface area contributed by atoms with E-state index in [1.807, 2.05) is 0 Å². The summed E-state index contributed by atoms with van der Waals surface area (Å²) in [5.74, 6) is 0.581. The van der Waals surface area contributed by atoms with Crippen LogP contribution in [0, 0.1) is 6.92 Å². The van der Waals surface area contributed by atoms with E-state index in [0.717, 1.165) is 0 Å². The summed E-state index contributed by atoms with van der Waals surface area (Å²) >= 11 is 0. The molecule has 1 rings (SSSR count). The quantitative estimate of drug-likeness (QED) is 0.590. The van der Waals surface area contributed by atoms with E-state index in [1.54, 1.807) is 47.5 Å². The molecular weight excluding hydrogens is 208 g/mol. The standard InChI is InChI=1S/C10H17N4O2/c1-8-13(9(15)11(2)3)6-7-14(8)10(16)12(4)5/h6-7H,1-5H3/q+1. The summed E-state index contributed by atoms with van der Waals surface area (Å²) < 4.78 is 2.86. The van der Waals surface area contributed by atoms with Gasteiger partial charge in [-0.3, -0.25) is 4.90 Å². The summed E-state index contributed by atoms with van der Waals surface area (Å²) in [6.07, 6.45) is 3.16. The molecule has 1 aromatic rings. The molecule has 0 spiro atoms. The van der Waals surface area contributed by atoms with Gasteiger partial charge < -0.3 is 4.90 Å². The molecule has 0 atom stereocenters. The molecule has 1 heterocycles. The molecular formula is C10H17N4O2+. The van der Waals surface area contributed by atoms with Crippen molar-refractivity contribution in [2.24, 2.45) is 0 Å². The van der Waals surface area contributed by atoms with Gasteiger partial charge in [0.25, 0.3) is 0 Å². The molecule has 0 saturated carbocycles. The Bertz CT molecular complexity index is 383. The maximum absolute atomic E-state index is 11.7. The topological polar surface area (TPSA) is 49.4 Å². The lowest BCUT2D eigenvalue weighted by Crippen LogP contribution is -2.51. The van der Waals surface area contributed by atoms with Crippen LogP contribution in [0.25, 0.3) is 0 Å². The SMILES string of the molecule is Cc1n(C(=O)N(C)C)cc[n+]1C(=O)N(C)C. The van der Waals surface area contributed by atoms with Crippen LogP contribution >= 0.6 is 0 Å². The zero-order valence-corrected chi connectivity index (χ0v) is 10.3. The second-order valence-corrected chi connectivity index (χ2v) is 3.94.